The molecule has 39 heavy (non-hydrogen) atoms. The van der Waals surface area contributed by atoms with Crippen LogP contribution in [-0.2, 0) is 4.79 Å². The molecule has 1 saturated heterocycles. The largest absolute Gasteiger partial charge is 0.497 e. The molecule has 7 nitrogen and oxygen atoms in total. The van der Waals surface area contributed by atoms with Crippen molar-refractivity contribution >= 4 is 34.2 Å². The molecule has 0 saturated carbocycles. The molecule has 2 aromatic heterocycles. The smallest absolute Gasteiger partial charge is 0.231 e. The SMILES string of the molecule is COc1cc(F)cc(-c2cnc3[nH]ccc3c2N2CCN(C(=O)[C@H](CNC(C)C)c3ccc(Cl)cc3)CC2)c1. The van der Waals surface area contributed by atoms with Gasteiger partial charge in [0.2, 0.25) is 5.91 Å². The van der Waals surface area contributed by atoms with Gasteiger partial charge < -0.3 is 24.8 Å². The Morgan fingerprint density at radius 2 is 1.87 bits per heavy atom. The van der Waals surface area contributed by atoms with Crippen molar-refractivity contribution in [3.63, 3.8) is 0 Å². The molecule has 0 bridgehead atoms. The Labute approximate surface area is 232 Å². The molecule has 0 radical (unpaired) electrons. The maximum atomic E-state index is 14.4. The van der Waals surface area contributed by atoms with E-state index in [1.54, 1.807) is 6.20 Å². The highest BCUT2D eigenvalue weighted by atomic mass is 35.5. The van der Waals surface area contributed by atoms with E-state index in [2.05, 4.69) is 34.0 Å². The van der Waals surface area contributed by atoms with Gasteiger partial charge >= 0.3 is 0 Å². The third-order valence-electron chi connectivity index (χ3n) is 7.18. The van der Waals surface area contributed by atoms with Crippen molar-refractivity contribution in [2.45, 2.75) is 25.8 Å². The Balaban J connectivity index is 1.41. The summed E-state index contributed by atoms with van der Waals surface area (Å²) < 4.78 is 19.8. The van der Waals surface area contributed by atoms with Crippen molar-refractivity contribution in [2.75, 3.05) is 44.7 Å². The second kappa shape index (κ2) is 11.6. The van der Waals surface area contributed by atoms with Crippen LogP contribution in [0.2, 0.25) is 5.02 Å². The minimum atomic E-state index is -0.372. The van der Waals surface area contributed by atoms with Gasteiger partial charge in [-0.1, -0.05) is 37.6 Å². The lowest BCUT2D eigenvalue weighted by Gasteiger charge is -2.38. The number of methoxy groups -OCH3 is 1. The summed E-state index contributed by atoms with van der Waals surface area (Å²) in [6.07, 6.45) is 3.63. The fourth-order valence-electron chi connectivity index (χ4n) is 5.15. The number of rotatable bonds is 8. The molecule has 4 aromatic rings. The number of anilines is 1. The number of aromatic amines is 1. The van der Waals surface area contributed by atoms with Crippen LogP contribution in [0.3, 0.4) is 0 Å². The molecule has 0 spiro atoms. The van der Waals surface area contributed by atoms with Crippen LogP contribution < -0.4 is 15.0 Å². The number of H-pyrrole nitrogens is 1. The summed E-state index contributed by atoms with van der Waals surface area (Å²) in [6.45, 7) is 7.13. The van der Waals surface area contributed by atoms with Gasteiger partial charge in [-0.05, 0) is 41.5 Å². The second-order valence-electron chi connectivity index (χ2n) is 10.1. The number of piperazine rings is 1. The lowest BCUT2D eigenvalue weighted by molar-refractivity contribution is -0.133. The molecule has 0 unspecified atom stereocenters. The molecule has 3 heterocycles. The van der Waals surface area contributed by atoms with Crippen LogP contribution in [0.25, 0.3) is 22.2 Å². The van der Waals surface area contributed by atoms with E-state index in [9.17, 15) is 9.18 Å². The predicted molar refractivity (Wildman–Crippen MR) is 154 cm³/mol. The predicted octanol–water partition coefficient (Wildman–Crippen LogP) is 5.46. The van der Waals surface area contributed by atoms with E-state index in [4.69, 9.17) is 16.3 Å². The number of amides is 1. The number of hydrogen-bond donors (Lipinski definition) is 2. The number of carbonyl (C=O) groups excluding carboxylic acids is 1. The van der Waals surface area contributed by atoms with Gasteiger partial charge in [0.05, 0.1) is 18.7 Å². The topological polar surface area (TPSA) is 73.5 Å². The molecule has 1 fully saturated rings. The molecule has 5 rings (SSSR count). The van der Waals surface area contributed by atoms with Gasteiger partial charge in [0.15, 0.2) is 0 Å². The van der Waals surface area contributed by atoms with E-state index < -0.39 is 0 Å². The zero-order valence-electron chi connectivity index (χ0n) is 22.4. The minimum Gasteiger partial charge on any atom is -0.497 e. The average Bonchev–Trinajstić information content (AvgIpc) is 3.42. The Morgan fingerprint density at radius 1 is 1.13 bits per heavy atom. The van der Waals surface area contributed by atoms with Crippen LogP contribution in [0.1, 0.15) is 25.3 Å². The quantitative estimate of drug-likeness (QED) is 0.305. The van der Waals surface area contributed by atoms with E-state index in [0.717, 1.165) is 27.8 Å². The Kier molecular flexibility index (Phi) is 8.04. The molecule has 204 valence electrons. The number of aromatic nitrogens is 2. The first-order valence-electron chi connectivity index (χ1n) is 13.2. The van der Waals surface area contributed by atoms with Crippen molar-refractivity contribution < 1.29 is 13.9 Å². The van der Waals surface area contributed by atoms with Gasteiger partial charge in [-0.25, -0.2) is 9.37 Å². The van der Waals surface area contributed by atoms with Crippen molar-refractivity contribution in [1.82, 2.24) is 20.2 Å². The highest BCUT2D eigenvalue weighted by Crippen LogP contribution is 2.38. The van der Waals surface area contributed by atoms with E-state index in [-0.39, 0.29) is 23.7 Å². The lowest BCUT2D eigenvalue weighted by atomic mass is 9.96. The van der Waals surface area contributed by atoms with E-state index >= 15 is 0 Å². The highest BCUT2D eigenvalue weighted by Gasteiger charge is 2.30. The second-order valence-corrected chi connectivity index (χ2v) is 10.6. The number of fused-ring (bicyclic) bond motifs is 1. The first kappa shape index (κ1) is 27.0. The standard InChI is InChI=1S/C30H33ClFN5O2/c1-19(2)34-18-27(20-4-6-22(31)7-5-20)30(38)37-12-10-36(11-13-37)28-25-8-9-33-29(25)35-17-26(28)21-14-23(32)16-24(15-21)39-3/h4-9,14-17,19,27,34H,10-13,18H2,1-3H3,(H,33,35)/t27-/m1/s1. The summed E-state index contributed by atoms with van der Waals surface area (Å²) in [5.74, 6) is -0.127. The number of carbonyl (C=O) groups is 1. The van der Waals surface area contributed by atoms with Crippen LogP contribution in [-0.4, -0.2) is 66.7 Å². The van der Waals surface area contributed by atoms with Crippen LogP contribution in [0.15, 0.2) is 60.9 Å². The third-order valence-corrected chi connectivity index (χ3v) is 7.44. The van der Waals surface area contributed by atoms with E-state index in [0.29, 0.717) is 49.1 Å². The Morgan fingerprint density at radius 3 is 2.56 bits per heavy atom. The summed E-state index contributed by atoms with van der Waals surface area (Å²) >= 11 is 6.11. The minimum absolute atomic E-state index is 0.0988. The summed E-state index contributed by atoms with van der Waals surface area (Å²) in [6, 6.07) is 14.5. The van der Waals surface area contributed by atoms with Gasteiger partial charge in [0, 0.05) is 73.2 Å². The first-order valence-corrected chi connectivity index (χ1v) is 13.6. The summed E-state index contributed by atoms with van der Waals surface area (Å²) in [7, 11) is 1.53. The van der Waals surface area contributed by atoms with Crippen LogP contribution in [0.4, 0.5) is 10.1 Å². The molecule has 1 aliphatic rings. The fraction of sp³-hybridized carbons (Fsp3) is 0.333. The van der Waals surface area contributed by atoms with Crippen molar-refractivity contribution in [3.8, 4) is 16.9 Å². The van der Waals surface area contributed by atoms with E-state index in [1.165, 1.54) is 19.2 Å². The average molecular weight is 550 g/mol. The van der Waals surface area contributed by atoms with Crippen LogP contribution in [0, 0.1) is 5.82 Å². The number of ether oxygens (including phenoxy) is 1. The van der Waals surface area contributed by atoms with Gasteiger partial charge in [-0.2, -0.15) is 0 Å². The molecule has 2 aromatic carbocycles. The Bertz CT molecular complexity index is 1450. The van der Waals surface area contributed by atoms with E-state index in [1.807, 2.05) is 47.5 Å². The van der Waals surface area contributed by atoms with Gasteiger partial charge in [-0.3, -0.25) is 4.79 Å². The monoisotopic (exact) mass is 549 g/mol. The fourth-order valence-corrected chi connectivity index (χ4v) is 5.28. The summed E-state index contributed by atoms with van der Waals surface area (Å²) in [5, 5.41) is 5.03. The molecular weight excluding hydrogens is 517 g/mol. The van der Waals surface area contributed by atoms with Gasteiger partial charge in [0.1, 0.15) is 17.2 Å². The molecule has 1 aliphatic heterocycles. The number of nitrogens with zero attached hydrogens (tertiary/aromatic N) is 3. The normalized spacial score (nSPS) is 14.7. The number of pyridine rings is 1. The lowest BCUT2D eigenvalue weighted by Crippen LogP contribution is -2.51. The number of halogens is 2. The van der Waals surface area contributed by atoms with Crippen molar-refractivity contribution in [2.24, 2.45) is 0 Å². The molecular formula is C30H33ClFN5O2. The molecule has 1 atom stereocenters. The summed E-state index contributed by atoms with van der Waals surface area (Å²) in [4.78, 5) is 25.7. The van der Waals surface area contributed by atoms with Crippen LogP contribution in [0.5, 0.6) is 5.75 Å². The van der Waals surface area contributed by atoms with Gasteiger partial charge in [0.25, 0.3) is 0 Å². The molecule has 0 aliphatic carbocycles. The van der Waals surface area contributed by atoms with Crippen molar-refractivity contribution in [3.05, 3.63) is 77.3 Å². The molecule has 1 amide bonds. The van der Waals surface area contributed by atoms with Crippen LogP contribution >= 0.6 is 11.6 Å². The number of nitrogens with one attached hydrogen (secondary N) is 2. The van der Waals surface area contributed by atoms with Crippen molar-refractivity contribution in [1.29, 1.82) is 0 Å². The summed E-state index contributed by atoms with van der Waals surface area (Å²) in [5.41, 5.74) is 4.19. The first-order chi connectivity index (χ1) is 18.8. The molecule has 9 heteroatoms. The van der Waals surface area contributed by atoms with Gasteiger partial charge in [-0.15, -0.1) is 0 Å². The third kappa shape index (κ3) is 5.87. The maximum Gasteiger partial charge on any atom is 0.231 e. The molecule has 2 N–H and O–H groups in total. The zero-order valence-corrected chi connectivity index (χ0v) is 23.1. The maximum absolute atomic E-state index is 14.4. The highest BCUT2D eigenvalue weighted by molar-refractivity contribution is 6.30. The zero-order chi connectivity index (χ0) is 27.5. The number of benzene rings is 2. The number of hydrogen-bond acceptors (Lipinski definition) is 5. The Hall–Kier alpha value is -3.62.